The molecule has 3 N–H and O–H groups in total. The van der Waals surface area contributed by atoms with Gasteiger partial charge in [0.2, 0.25) is 5.91 Å². The van der Waals surface area contributed by atoms with E-state index < -0.39 is 17.9 Å². The van der Waals surface area contributed by atoms with Crippen LogP contribution in [0, 0.1) is 6.92 Å². The largest absolute Gasteiger partial charge is 0.368 e. The van der Waals surface area contributed by atoms with E-state index in [0.29, 0.717) is 17.8 Å². The second-order valence-corrected chi connectivity index (χ2v) is 5.76. The lowest BCUT2D eigenvalue weighted by atomic mass is 10.1. The molecule has 132 valence electrons. The third-order valence-electron chi connectivity index (χ3n) is 3.97. The topological polar surface area (TPSA) is 116 Å². The molecule has 8 heteroatoms. The Morgan fingerprint density at radius 3 is 2.50 bits per heavy atom. The zero-order valence-electron chi connectivity index (χ0n) is 14.2. The average Bonchev–Trinajstić information content (AvgIpc) is 3.01. The minimum absolute atomic E-state index is 0.154. The fourth-order valence-electron chi connectivity index (χ4n) is 2.55. The van der Waals surface area contributed by atoms with Crippen molar-refractivity contribution in [2.75, 3.05) is 0 Å². The van der Waals surface area contributed by atoms with Gasteiger partial charge in [-0.3, -0.25) is 14.6 Å². The molecule has 0 spiro atoms. The zero-order valence-corrected chi connectivity index (χ0v) is 14.2. The third kappa shape index (κ3) is 3.75. The predicted octanol–water partition coefficient (Wildman–Crippen LogP) is 0.986. The van der Waals surface area contributed by atoms with Gasteiger partial charge in [0.15, 0.2) is 5.69 Å². The van der Waals surface area contributed by atoms with Crippen molar-refractivity contribution < 1.29 is 9.59 Å². The maximum Gasteiger partial charge on any atom is 0.274 e. The second kappa shape index (κ2) is 7.56. The number of nitrogens with one attached hydrogen (secondary N) is 1. The van der Waals surface area contributed by atoms with Gasteiger partial charge in [-0.1, -0.05) is 35.5 Å². The standard InChI is InChI=1S/C18H18N6O2/c1-12-15(22-23-24(12)11-13-7-9-20-10-8-13)18(26)21-16(17(19)25)14-5-3-2-4-6-14/h2-10,16H,11H2,1H3,(H2,19,25)(H,21,26). The van der Waals surface area contributed by atoms with E-state index in [-0.39, 0.29) is 5.69 Å². The number of nitrogens with zero attached hydrogens (tertiary/aromatic N) is 4. The number of benzene rings is 1. The van der Waals surface area contributed by atoms with Gasteiger partial charge in [0.25, 0.3) is 5.91 Å². The summed E-state index contributed by atoms with van der Waals surface area (Å²) >= 11 is 0. The van der Waals surface area contributed by atoms with Gasteiger partial charge in [0.05, 0.1) is 12.2 Å². The third-order valence-corrected chi connectivity index (χ3v) is 3.97. The molecule has 2 amide bonds. The Bertz CT molecular complexity index is 908. The second-order valence-electron chi connectivity index (χ2n) is 5.76. The fraction of sp³-hybridized carbons (Fsp3) is 0.167. The lowest BCUT2D eigenvalue weighted by Crippen LogP contribution is -2.37. The molecule has 3 rings (SSSR count). The number of rotatable bonds is 6. The summed E-state index contributed by atoms with van der Waals surface area (Å²) in [4.78, 5) is 28.3. The van der Waals surface area contributed by atoms with Gasteiger partial charge in [0.1, 0.15) is 6.04 Å². The molecule has 1 aromatic carbocycles. The van der Waals surface area contributed by atoms with E-state index in [9.17, 15) is 9.59 Å². The summed E-state index contributed by atoms with van der Waals surface area (Å²) in [5.74, 6) is -1.15. The van der Waals surface area contributed by atoms with Crippen molar-refractivity contribution in [2.24, 2.45) is 5.73 Å². The molecule has 0 aliphatic carbocycles. The Morgan fingerprint density at radius 1 is 1.15 bits per heavy atom. The summed E-state index contributed by atoms with van der Waals surface area (Å²) in [5.41, 5.74) is 7.78. The van der Waals surface area contributed by atoms with Crippen LogP contribution in [0.3, 0.4) is 0 Å². The van der Waals surface area contributed by atoms with Crippen molar-refractivity contribution in [3.05, 3.63) is 77.4 Å². The summed E-state index contributed by atoms with van der Waals surface area (Å²) in [6.45, 7) is 2.21. The Hall–Kier alpha value is -3.55. The van der Waals surface area contributed by atoms with Crippen molar-refractivity contribution >= 4 is 11.8 Å². The van der Waals surface area contributed by atoms with Crippen LogP contribution in [0.4, 0.5) is 0 Å². The van der Waals surface area contributed by atoms with Crippen LogP contribution in [0.1, 0.15) is 33.4 Å². The SMILES string of the molecule is Cc1c(C(=O)NC(C(N)=O)c2ccccc2)nnn1Cc1ccncc1. The van der Waals surface area contributed by atoms with Gasteiger partial charge in [0, 0.05) is 12.4 Å². The van der Waals surface area contributed by atoms with Crippen LogP contribution in [0.25, 0.3) is 0 Å². The highest BCUT2D eigenvalue weighted by atomic mass is 16.2. The van der Waals surface area contributed by atoms with E-state index >= 15 is 0 Å². The number of hydrogen-bond acceptors (Lipinski definition) is 5. The van der Waals surface area contributed by atoms with Gasteiger partial charge < -0.3 is 11.1 Å². The van der Waals surface area contributed by atoms with E-state index in [4.69, 9.17) is 5.73 Å². The van der Waals surface area contributed by atoms with E-state index in [0.717, 1.165) is 5.56 Å². The number of carbonyl (C=O) groups excluding carboxylic acids is 2. The number of primary amides is 1. The van der Waals surface area contributed by atoms with E-state index in [2.05, 4.69) is 20.6 Å². The van der Waals surface area contributed by atoms with Crippen molar-refractivity contribution in [1.29, 1.82) is 0 Å². The van der Waals surface area contributed by atoms with Crippen LogP contribution in [-0.2, 0) is 11.3 Å². The quantitative estimate of drug-likeness (QED) is 0.688. The highest BCUT2D eigenvalue weighted by Crippen LogP contribution is 2.14. The van der Waals surface area contributed by atoms with Crippen LogP contribution in [-0.4, -0.2) is 31.8 Å². The first-order chi connectivity index (χ1) is 12.6. The Balaban J connectivity index is 1.78. The van der Waals surface area contributed by atoms with Crippen LogP contribution in [0.5, 0.6) is 0 Å². The first kappa shape index (κ1) is 17.3. The minimum Gasteiger partial charge on any atom is -0.368 e. The maximum absolute atomic E-state index is 12.6. The number of pyridine rings is 1. The normalized spacial score (nSPS) is 11.7. The fourth-order valence-corrected chi connectivity index (χ4v) is 2.55. The van der Waals surface area contributed by atoms with Crippen molar-refractivity contribution in [3.8, 4) is 0 Å². The summed E-state index contributed by atoms with van der Waals surface area (Å²) in [6.07, 6.45) is 3.37. The molecule has 26 heavy (non-hydrogen) atoms. The predicted molar refractivity (Wildman–Crippen MR) is 93.9 cm³/mol. The van der Waals surface area contributed by atoms with Crippen LogP contribution in [0.15, 0.2) is 54.9 Å². The number of hydrogen-bond donors (Lipinski definition) is 2. The van der Waals surface area contributed by atoms with Crippen molar-refractivity contribution in [3.63, 3.8) is 0 Å². The molecule has 0 aliphatic heterocycles. The first-order valence-corrected chi connectivity index (χ1v) is 8.00. The molecule has 0 fully saturated rings. The molecule has 1 atom stereocenters. The highest BCUT2D eigenvalue weighted by molar-refractivity contribution is 5.96. The van der Waals surface area contributed by atoms with Gasteiger partial charge in [-0.25, -0.2) is 4.68 Å². The van der Waals surface area contributed by atoms with Gasteiger partial charge >= 0.3 is 0 Å². The molecule has 2 aromatic heterocycles. The van der Waals surface area contributed by atoms with E-state index in [1.165, 1.54) is 0 Å². The first-order valence-electron chi connectivity index (χ1n) is 8.00. The molecule has 0 aliphatic rings. The van der Waals surface area contributed by atoms with Gasteiger partial charge in [-0.15, -0.1) is 5.10 Å². The van der Waals surface area contributed by atoms with Gasteiger partial charge in [-0.05, 0) is 30.2 Å². The Labute approximate surface area is 150 Å². The zero-order chi connectivity index (χ0) is 18.5. The lowest BCUT2D eigenvalue weighted by Gasteiger charge is -2.15. The summed E-state index contributed by atoms with van der Waals surface area (Å²) in [6, 6.07) is 11.6. The van der Waals surface area contributed by atoms with Crippen LogP contribution < -0.4 is 11.1 Å². The number of amides is 2. The molecule has 8 nitrogen and oxygen atoms in total. The van der Waals surface area contributed by atoms with Gasteiger partial charge in [-0.2, -0.15) is 0 Å². The Morgan fingerprint density at radius 2 is 1.85 bits per heavy atom. The van der Waals surface area contributed by atoms with Crippen molar-refractivity contribution in [1.82, 2.24) is 25.3 Å². The monoisotopic (exact) mass is 350 g/mol. The lowest BCUT2D eigenvalue weighted by molar-refractivity contribution is -0.120. The maximum atomic E-state index is 12.6. The summed E-state index contributed by atoms with van der Waals surface area (Å²) in [5, 5.41) is 10.6. The molecular formula is C18H18N6O2. The average molecular weight is 350 g/mol. The van der Waals surface area contributed by atoms with Crippen molar-refractivity contribution in [2.45, 2.75) is 19.5 Å². The summed E-state index contributed by atoms with van der Waals surface area (Å²) in [7, 11) is 0. The van der Waals surface area contributed by atoms with E-state index in [1.807, 2.05) is 18.2 Å². The molecule has 2 heterocycles. The molecule has 3 aromatic rings. The molecule has 0 saturated heterocycles. The number of aromatic nitrogens is 4. The molecule has 0 radical (unpaired) electrons. The van der Waals surface area contributed by atoms with Crippen LogP contribution in [0.2, 0.25) is 0 Å². The molecule has 1 unspecified atom stereocenters. The van der Waals surface area contributed by atoms with Crippen LogP contribution >= 0.6 is 0 Å². The minimum atomic E-state index is -0.937. The smallest absolute Gasteiger partial charge is 0.274 e. The number of carbonyl (C=O) groups is 2. The molecular weight excluding hydrogens is 332 g/mol. The van der Waals surface area contributed by atoms with E-state index in [1.54, 1.807) is 48.3 Å². The molecule has 0 saturated carbocycles. The summed E-state index contributed by atoms with van der Waals surface area (Å²) < 4.78 is 1.62. The molecule has 0 bridgehead atoms. The Kier molecular flexibility index (Phi) is 5.02. The number of nitrogens with two attached hydrogens (primary N) is 1. The highest BCUT2D eigenvalue weighted by Gasteiger charge is 2.24.